The van der Waals surface area contributed by atoms with Gasteiger partial charge in [-0.25, -0.2) is 0 Å². The van der Waals surface area contributed by atoms with Crippen LogP contribution >= 0.6 is 0 Å². The topological polar surface area (TPSA) is 15.6 Å². The van der Waals surface area contributed by atoms with E-state index in [-0.39, 0.29) is 0 Å². The van der Waals surface area contributed by atoms with E-state index in [9.17, 15) is 0 Å². The summed E-state index contributed by atoms with van der Waals surface area (Å²) in [6, 6.07) is 23.5. The Labute approximate surface area is 144 Å². The van der Waals surface area contributed by atoms with Gasteiger partial charge in [-0.15, -0.1) is 0 Å². The Balaban J connectivity index is 2.11. The minimum Gasteiger partial charge on any atom is -0.371 e. The lowest BCUT2D eigenvalue weighted by atomic mass is 10.0. The van der Waals surface area contributed by atoms with Gasteiger partial charge in [0.1, 0.15) is 0 Å². The number of benzene rings is 3. The first-order valence-electron chi connectivity index (χ1n) is 8.54. The van der Waals surface area contributed by atoms with E-state index >= 15 is 0 Å². The van der Waals surface area contributed by atoms with Crippen molar-refractivity contribution < 1.29 is 0 Å². The van der Waals surface area contributed by atoms with Crippen molar-refractivity contribution in [1.29, 1.82) is 0 Å². The Bertz CT molecular complexity index is 837. The van der Waals surface area contributed by atoms with Crippen molar-refractivity contribution in [1.82, 2.24) is 0 Å². The summed E-state index contributed by atoms with van der Waals surface area (Å²) in [5.74, 6) is 0. The highest BCUT2D eigenvalue weighted by Gasteiger charge is 2.14. The summed E-state index contributed by atoms with van der Waals surface area (Å²) in [7, 11) is 2.18. The molecule has 3 aromatic rings. The molecule has 0 N–H and O–H groups in total. The molecule has 0 radical (unpaired) electrons. The van der Waals surface area contributed by atoms with Gasteiger partial charge in [-0.1, -0.05) is 61.5 Å². The Morgan fingerprint density at radius 3 is 2.42 bits per heavy atom. The van der Waals surface area contributed by atoms with Crippen LogP contribution in [0.3, 0.4) is 0 Å². The fourth-order valence-corrected chi connectivity index (χ4v) is 2.92. The Hall–Kier alpha value is -2.61. The molecule has 0 saturated heterocycles. The predicted molar refractivity (Wildman–Crippen MR) is 106 cm³/mol. The van der Waals surface area contributed by atoms with Crippen LogP contribution in [0.4, 0.5) is 11.4 Å². The summed E-state index contributed by atoms with van der Waals surface area (Å²) in [6.07, 6.45) is 3.09. The van der Waals surface area contributed by atoms with Gasteiger partial charge < -0.3 is 4.90 Å². The van der Waals surface area contributed by atoms with E-state index in [2.05, 4.69) is 67.2 Å². The molecular weight excluding hydrogens is 292 g/mol. The van der Waals surface area contributed by atoms with E-state index in [0.717, 1.165) is 17.7 Å². The standard InChI is InChI=1S/C22H24N2/c1-4-17(2)24(3)22-19(16-23-20-11-6-5-7-12-20)15-14-18-10-8-9-13-21(18)22/h5-17H,4H2,1-3H3. The van der Waals surface area contributed by atoms with Crippen LogP contribution < -0.4 is 4.90 Å². The molecule has 0 bridgehead atoms. The van der Waals surface area contributed by atoms with Gasteiger partial charge in [0, 0.05) is 30.3 Å². The van der Waals surface area contributed by atoms with Crippen LogP contribution in [0, 0.1) is 0 Å². The number of fused-ring (bicyclic) bond motifs is 1. The third kappa shape index (κ3) is 3.33. The monoisotopic (exact) mass is 316 g/mol. The summed E-state index contributed by atoms with van der Waals surface area (Å²) in [5.41, 5.74) is 3.38. The molecule has 0 aliphatic heterocycles. The highest BCUT2D eigenvalue weighted by molar-refractivity contribution is 6.04. The van der Waals surface area contributed by atoms with Crippen LogP contribution in [-0.4, -0.2) is 19.3 Å². The van der Waals surface area contributed by atoms with Crippen molar-refractivity contribution in [3.05, 3.63) is 72.3 Å². The average Bonchev–Trinajstić information content (AvgIpc) is 2.65. The number of aliphatic imine (C=N–C) groups is 1. The van der Waals surface area contributed by atoms with Crippen LogP contribution in [-0.2, 0) is 0 Å². The number of hydrogen-bond donors (Lipinski definition) is 0. The molecule has 0 heterocycles. The van der Waals surface area contributed by atoms with Gasteiger partial charge in [0.25, 0.3) is 0 Å². The second kappa shape index (κ2) is 7.31. The third-order valence-corrected chi connectivity index (χ3v) is 4.65. The fraction of sp³-hybridized carbons (Fsp3) is 0.227. The third-order valence-electron chi connectivity index (χ3n) is 4.65. The maximum Gasteiger partial charge on any atom is 0.0629 e. The van der Waals surface area contributed by atoms with Gasteiger partial charge in [-0.3, -0.25) is 4.99 Å². The molecule has 3 aromatic carbocycles. The van der Waals surface area contributed by atoms with Crippen LogP contribution in [0.25, 0.3) is 10.8 Å². The first kappa shape index (κ1) is 16.3. The molecule has 0 aromatic heterocycles. The minimum absolute atomic E-state index is 0.472. The highest BCUT2D eigenvalue weighted by atomic mass is 15.1. The average molecular weight is 316 g/mol. The summed E-state index contributed by atoms with van der Waals surface area (Å²) in [5, 5.41) is 2.54. The molecule has 2 heteroatoms. The van der Waals surface area contributed by atoms with Crippen LogP contribution in [0.2, 0.25) is 0 Å². The van der Waals surface area contributed by atoms with E-state index in [1.54, 1.807) is 0 Å². The predicted octanol–water partition coefficient (Wildman–Crippen LogP) is 5.83. The summed E-state index contributed by atoms with van der Waals surface area (Å²) >= 11 is 0. The SMILES string of the molecule is CCC(C)N(C)c1c(C=Nc2ccccc2)ccc2ccccc12. The molecule has 0 aliphatic carbocycles. The lowest BCUT2D eigenvalue weighted by molar-refractivity contribution is 0.665. The van der Waals surface area contributed by atoms with Gasteiger partial charge in [0.2, 0.25) is 0 Å². The van der Waals surface area contributed by atoms with E-state index in [4.69, 9.17) is 0 Å². The molecule has 3 rings (SSSR count). The minimum atomic E-state index is 0.472. The Kier molecular flexibility index (Phi) is 4.95. The quantitative estimate of drug-likeness (QED) is 0.541. The van der Waals surface area contributed by atoms with Crippen molar-refractivity contribution >= 4 is 28.4 Å². The van der Waals surface area contributed by atoms with Crippen LogP contribution in [0.15, 0.2) is 71.7 Å². The zero-order valence-electron chi connectivity index (χ0n) is 14.6. The Morgan fingerprint density at radius 2 is 1.67 bits per heavy atom. The Morgan fingerprint density at radius 1 is 0.958 bits per heavy atom. The van der Waals surface area contributed by atoms with Crippen LogP contribution in [0.5, 0.6) is 0 Å². The first-order valence-corrected chi connectivity index (χ1v) is 8.54. The van der Waals surface area contributed by atoms with Gasteiger partial charge in [-0.2, -0.15) is 0 Å². The van der Waals surface area contributed by atoms with Gasteiger partial charge in [-0.05, 0) is 30.9 Å². The fourth-order valence-electron chi connectivity index (χ4n) is 2.92. The highest BCUT2D eigenvalue weighted by Crippen LogP contribution is 2.31. The molecule has 2 nitrogen and oxygen atoms in total. The molecule has 0 amide bonds. The number of anilines is 1. The van der Waals surface area contributed by atoms with Crippen molar-refractivity contribution in [3.63, 3.8) is 0 Å². The van der Waals surface area contributed by atoms with Gasteiger partial charge in [0.15, 0.2) is 0 Å². The molecular formula is C22H24N2. The molecule has 0 saturated carbocycles. The number of rotatable bonds is 5. The molecule has 24 heavy (non-hydrogen) atoms. The number of hydrogen-bond acceptors (Lipinski definition) is 2. The maximum absolute atomic E-state index is 4.66. The molecule has 0 spiro atoms. The molecule has 1 unspecified atom stereocenters. The lowest BCUT2D eigenvalue weighted by Gasteiger charge is -2.29. The van der Waals surface area contributed by atoms with Crippen molar-refractivity contribution in [2.75, 3.05) is 11.9 Å². The second-order valence-corrected chi connectivity index (χ2v) is 6.19. The second-order valence-electron chi connectivity index (χ2n) is 6.19. The zero-order chi connectivity index (χ0) is 16.9. The van der Waals surface area contributed by atoms with Crippen LogP contribution in [0.1, 0.15) is 25.8 Å². The molecule has 0 fully saturated rings. The van der Waals surface area contributed by atoms with Crippen molar-refractivity contribution in [2.24, 2.45) is 4.99 Å². The number of nitrogens with zero attached hydrogens (tertiary/aromatic N) is 2. The normalized spacial score (nSPS) is 12.6. The van der Waals surface area contributed by atoms with E-state index in [0.29, 0.717) is 6.04 Å². The van der Waals surface area contributed by atoms with Crippen molar-refractivity contribution in [3.8, 4) is 0 Å². The smallest absolute Gasteiger partial charge is 0.0629 e. The summed E-state index contributed by atoms with van der Waals surface area (Å²) in [4.78, 5) is 7.03. The van der Waals surface area contributed by atoms with E-state index < -0.39 is 0 Å². The molecule has 122 valence electrons. The summed E-state index contributed by atoms with van der Waals surface area (Å²) in [6.45, 7) is 4.49. The largest absolute Gasteiger partial charge is 0.371 e. The summed E-state index contributed by atoms with van der Waals surface area (Å²) < 4.78 is 0. The van der Waals surface area contributed by atoms with Crippen molar-refractivity contribution in [2.45, 2.75) is 26.3 Å². The first-order chi connectivity index (χ1) is 11.7. The van der Waals surface area contributed by atoms with E-state index in [1.165, 1.54) is 16.5 Å². The van der Waals surface area contributed by atoms with Gasteiger partial charge in [0.05, 0.1) is 11.4 Å². The molecule has 0 aliphatic rings. The molecule has 1 atom stereocenters. The lowest BCUT2D eigenvalue weighted by Crippen LogP contribution is -2.29. The number of para-hydroxylation sites is 1. The van der Waals surface area contributed by atoms with Gasteiger partial charge >= 0.3 is 0 Å². The van der Waals surface area contributed by atoms with E-state index in [1.807, 2.05) is 36.5 Å². The maximum atomic E-state index is 4.66. The zero-order valence-corrected chi connectivity index (χ0v) is 14.6.